The molecule has 1 aliphatic rings. The molecule has 0 radical (unpaired) electrons. The van der Waals surface area contributed by atoms with Crippen LogP contribution < -0.4 is 10.1 Å². The van der Waals surface area contributed by atoms with Crippen LogP contribution in [0, 0.1) is 12.7 Å². The highest BCUT2D eigenvalue weighted by Gasteiger charge is 2.32. The van der Waals surface area contributed by atoms with Gasteiger partial charge in [0.25, 0.3) is 5.91 Å². The van der Waals surface area contributed by atoms with E-state index in [0.29, 0.717) is 12.2 Å². The fourth-order valence-corrected chi connectivity index (χ4v) is 4.65. The molecule has 0 saturated heterocycles. The monoisotopic (exact) mass is 488 g/mol. The molecular weight excluding hydrogens is 455 g/mol. The molecule has 4 rings (SSSR count). The van der Waals surface area contributed by atoms with Crippen LogP contribution in [0.2, 0.25) is 0 Å². The highest BCUT2D eigenvalue weighted by atomic mass is 19.1. The van der Waals surface area contributed by atoms with Crippen molar-refractivity contribution < 1.29 is 18.7 Å². The summed E-state index contributed by atoms with van der Waals surface area (Å²) in [5, 5.41) is 3.20. The summed E-state index contributed by atoms with van der Waals surface area (Å²) in [7, 11) is 0. The molecule has 1 unspecified atom stereocenters. The Morgan fingerprint density at radius 2 is 1.64 bits per heavy atom. The Morgan fingerprint density at radius 1 is 0.972 bits per heavy atom. The average Bonchev–Trinajstić information content (AvgIpc) is 3.40. The average molecular weight is 489 g/mol. The number of rotatable bonds is 10. The fourth-order valence-electron chi connectivity index (χ4n) is 4.65. The van der Waals surface area contributed by atoms with Crippen LogP contribution in [0.5, 0.6) is 5.75 Å². The lowest BCUT2D eigenvalue weighted by molar-refractivity contribution is -0.143. The molecule has 2 amide bonds. The van der Waals surface area contributed by atoms with Crippen molar-refractivity contribution in [1.82, 2.24) is 10.2 Å². The van der Waals surface area contributed by atoms with E-state index in [1.165, 1.54) is 24.3 Å². The van der Waals surface area contributed by atoms with Crippen LogP contribution >= 0.6 is 0 Å². The first-order valence-electron chi connectivity index (χ1n) is 12.6. The number of amides is 2. The maximum atomic E-state index is 13.6. The smallest absolute Gasteiger partial charge is 0.261 e. The predicted molar refractivity (Wildman–Crippen MR) is 138 cm³/mol. The van der Waals surface area contributed by atoms with Crippen molar-refractivity contribution in [3.8, 4) is 5.75 Å². The molecule has 0 aliphatic heterocycles. The Balaban J connectivity index is 1.61. The Bertz CT molecular complexity index is 1140. The van der Waals surface area contributed by atoms with Crippen LogP contribution in [0.25, 0.3) is 0 Å². The molecule has 1 N–H and O–H groups in total. The molecule has 1 fully saturated rings. The highest BCUT2D eigenvalue weighted by Crippen LogP contribution is 2.21. The summed E-state index contributed by atoms with van der Waals surface area (Å²) in [5.41, 5.74) is 3.00. The van der Waals surface area contributed by atoms with Crippen LogP contribution in [0.15, 0.2) is 78.9 Å². The lowest BCUT2D eigenvalue weighted by Crippen LogP contribution is -2.53. The van der Waals surface area contributed by atoms with E-state index in [9.17, 15) is 14.0 Å². The van der Waals surface area contributed by atoms with Gasteiger partial charge in [-0.2, -0.15) is 0 Å². The van der Waals surface area contributed by atoms with Gasteiger partial charge in [-0.3, -0.25) is 9.59 Å². The first-order chi connectivity index (χ1) is 17.5. The SMILES string of the molecule is Cc1ccccc1CN(C(=O)COc1ccc(F)cc1)C(Cc1ccccc1)C(=O)NC1CCCC1. The molecule has 1 aliphatic carbocycles. The molecule has 1 atom stereocenters. The highest BCUT2D eigenvalue weighted by molar-refractivity contribution is 5.88. The molecule has 0 spiro atoms. The van der Waals surface area contributed by atoms with Gasteiger partial charge in [0.05, 0.1) is 0 Å². The van der Waals surface area contributed by atoms with E-state index in [1.54, 1.807) is 4.90 Å². The maximum Gasteiger partial charge on any atom is 0.261 e. The molecule has 0 bridgehead atoms. The van der Waals surface area contributed by atoms with Gasteiger partial charge in [0.1, 0.15) is 17.6 Å². The summed E-state index contributed by atoms with van der Waals surface area (Å²) < 4.78 is 19.0. The minimum atomic E-state index is -0.697. The van der Waals surface area contributed by atoms with E-state index < -0.39 is 6.04 Å². The van der Waals surface area contributed by atoms with Gasteiger partial charge in [-0.1, -0.05) is 67.4 Å². The first-order valence-corrected chi connectivity index (χ1v) is 12.6. The van der Waals surface area contributed by atoms with E-state index in [0.717, 1.165) is 42.4 Å². The molecule has 3 aromatic rings. The maximum absolute atomic E-state index is 13.6. The summed E-state index contributed by atoms with van der Waals surface area (Å²) in [6, 6.07) is 22.6. The van der Waals surface area contributed by atoms with Crippen LogP contribution in [-0.4, -0.2) is 35.4 Å². The molecule has 1 saturated carbocycles. The second-order valence-corrected chi connectivity index (χ2v) is 9.39. The number of nitrogens with one attached hydrogen (secondary N) is 1. The summed E-state index contributed by atoms with van der Waals surface area (Å²) in [5.74, 6) is -0.420. The molecule has 6 heteroatoms. The van der Waals surface area contributed by atoms with Crippen LogP contribution in [0.1, 0.15) is 42.4 Å². The second kappa shape index (κ2) is 12.3. The van der Waals surface area contributed by atoms with E-state index in [4.69, 9.17) is 4.74 Å². The first kappa shape index (κ1) is 25.4. The quantitative estimate of drug-likeness (QED) is 0.426. The number of hydrogen-bond acceptors (Lipinski definition) is 3. The van der Waals surface area contributed by atoms with Gasteiger partial charge in [-0.25, -0.2) is 4.39 Å². The fraction of sp³-hybridized carbons (Fsp3) is 0.333. The van der Waals surface area contributed by atoms with Crippen molar-refractivity contribution >= 4 is 11.8 Å². The number of ether oxygens (including phenoxy) is 1. The topological polar surface area (TPSA) is 58.6 Å². The molecule has 188 valence electrons. The molecule has 5 nitrogen and oxygen atoms in total. The zero-order valence-electron chi connectivity index (χ0n) is 20.7. The second-order valence-electron chi connectivity index (χ2n) is 9.39. The van der Waals surface area contributed by atoms with Crippen molar-refractivity contribution in [1.29, 1.82) is 0 Å². The summed E-state index contributed by atoms with van der Waals surface area (Å²) in [6.45, 7) is 2.03. The number of nitrogens with zero attached hydrogens (tertiary/aromatic N) is 1. The summed E-state index contributed by atoms with van der Waals surface area (Å²) in [6.07, 6.45) is 4.53. The lowest BCUT2D eigenvalue weighted by Gasteiger charge is -2.32. The van der Waals surface area contributed by atoms with Crippen molar-refractivity contribution in [3.63, 3.8) is 0 Å². The van der Waals surface area contributed by atoms with Gasteiger partial charge in [0.2, 0.25) is 5.91 Å². The standard InChI is InChI=1S/C30H33FN2O3/c1-22-9-5-6-12-24(22)20-33(29(34)21-36-27-17-15-25(31)16-18-27)28(19-23-10-3-2-4-11-23)30(35)32-26-13-7-8-14-26/h2-6,9-12,15-18,26,28H,7-8,13-14,19-21H2,1H3,(H,32,35). The van der Waals surface area contributed by atoms with Crippen molar-refractivity contribution in [2.45, 2.75) is 57.7 Å². The van der Waals surface area contributed by atoms with Gasteiger partial charge >= 0.3 is 0 Å². The number of carbonyl (C=O) groups excluding carboxylic acids is 2. The third-order valence-electron chi connectivity index (χ3n) is 6.75. The van der Waals surface area contributed by atoms with Crippen LogP contribution in [-0.2, 0) is 22.6 Å². The van der Waals surface area contributed by atoms with Gasteiger partial charge in [0.15, 0.2) is 6.61 Å². The Morgan fingerprint density at radius 3 is 2.33 bits per heavy atom. The van der Waals surface area contributed by atoms with Crippen molar-refractivity contribution in [3.05, 3.63) is 101 Å². The summed E-state index contributed by atoms with van der Waals surface area (Å²) >= 11 is 0. The minimum absolute atomic E-state index is 0.140. The van der Waals surface area contributed by atoms with Gasteiger partial charge in [-0.15, -0.1) is 0 Å². The zero-order chi connectivity index (χ0) is 25.3. The third kappa shape index (κ3) is 6.94. The molecular formula is C30H33FN2O3. The largest absolute Gasteiger partial charge is 0.484 e. The molecule has 0 aromatic heterocycles. The predicted octanol–water partition coefficient (Wildman–Crippen LogP) is 5.21. The molecule has 36 heavy (non-hydrogen) atoms. The zero-order valence-corrected chi connectivity index (χ0v) is 20.7. The van der Waals surface area contributed by atoms with Gasteiger partial charge in [0, 0.05) is 19.0 Å². The van der Waals surface area contributed by atoms with Crippen LogP contribution in [0.4, 0.5) is 4.39 Å². The molecule has 0 heterocycles. The van der Waals surface area contributed by atoms with Crippen molar-refractivity contribution in [2.75, 3.05) is 6.61 Å². The Labute approximate surface area is 212 Å². The normalized spacial score (nSPS) is 14.3. The van der Waals surface area contributed by atoms with Gasteiger partial charge in [-0.05, 0) is 60.7 Å². The number of aryl methyl sites for hydroxylation is 1. The van der Waals surface area contributed by atoms with E-state index in [-0.39, 0.29) is 36.8 Å². The van der Waals surface area contributed by atoms with E-state index >= 15 is 0 Å². The number of halogens is 1. The number of benzene rings is 3. The number of carbonyl (C=O) groups is 2. The lowest BCUT2D eigenvalue weighted by atomic mass is 10.0. The van der Waals surface area contributed by atoms with Crippen molar-refractivity contribution in [2.24, 2.45) is 0 Å². The van der Waals surface area contributed by atoms with Gasteiger partial charge < -0.3 is 15.0 Å². The Hall–Kier alpha value is -3.67. The molecule has 3 aromatic carbocycles. The number of hydrogen-bond donors (Lipinski definition) is 1. The Kier molecular flexibility index (Phi) is 8.71. The van der Waals surface area contributed by atoms with E-state index in [1.807, 2.05) is 61.5 Å². The third-order valence-corrected chi connectivity index (χ3v) is 6.75. The minimum Gasteiger partial charge on any atom is -0.484 e. The van der Waals surface area contributed by atoms with Crippen LogP contribution in [0.3, 0.4) is 0 Å². The summed E-state index contributed by atoms with van der Waals surface area (Å²) in [4.78, 5) is 28.9. The van der Waals surface area contributed by atoms with E-state index in [2.05, 4.69) is 5.32 Å².